The number of carbonyl (C=O) groups is 1. The Hall–Kier alpha value is -2.65. The third-order valence-corrected chi connectivity index (χ3v) is 6.47. The second-order valence-corrected chi connectivity index (χ2v) is 9.68. The summed E-state index contributed by atoms with van der Waals surface area (Å²) >= 11 is 0. The SMILES string of the molecule is Cc1cccc(C2CN(CC(F)F)CC3(CCN(C(=O)c4ccc(OC(C)C)c(F)c4)CC3)O2)n1. The van der Waals surface area contributed by atoms with Crippen molar-refractivity contribution in [3.05, 3.63) is 59.2 Å². The van der Waals surface area contributed by atoms with Gasteiger partial charge in [-0.25, -0.2) is 13.2 Å². The first kappa shape index (κ1) is 25.4. The topological polar surface area (TPSA) is 54.9 Å². The first-order chi connectivity index (χ1) is 16.6. The van der Waals surface area contributed by atoms with Crippen molar-refractivity contribution < 1.29 is 27.4 Å². The zero-order valence-electron chi connectivity index (χ0n) is 20.3. The van der Waals surface area contributed by atoms with E-state index in [2.05, 4.69) is 4.98 Å². The summed E-state index contributed by atoms with van der Waals surface area (Å²) in [7, 11) is 0. The molecule has 1 unspecified atom stereocenters. The maximum Gasteiger partial charge on any atom is 0.253 e. The number of rotatable bonds is 6. The smallest absolute Gasteiger partial charge is 0.253 e. The Bertz CT molecular complexity index is 1040. The number of pyridine rings is 1. The van der Waals surface area contributed by atoms with Crippen molar-refractivity contribution in [1.82, 2.24) is 14.8 Å². The van der Waals surface area contributed by atoms with Crippen LogP contribution in [-0.4, -0.2) is 71.5 Å². The van der Waals surface area contributed by atoms with E-state index in [0.29, 0.717) is 39.0 Å². The lowest BCUT2D eigenvalue weighted by atomic mass is 9.87. The number of aromatic nitrogens is 1. The van der Waals surface area contributed by atoms with Gasteiger partial charge < -0.3 is 14.4 Å². The Labute approximate surface area is 204 Å². The van der Waals surface area contributed by atoms with E-state index in [9.17, 15) is 18.0 Å². The van der Waals surface area contributed by atoms with E-state index in [1.807, 2.05) is 25.1 Å². The number of aryl methyl sites for hydroxylation is 1. The number of carbonyl (C=O) groups excluding carboxylic acids is 1. The Morgan fingerprint density at radius 3 is 2.60 bits per heavy atom. The van der Waals surface area contributed by atoms with Gasteiger partial charge in [0.2, 0.25) is 0 Å². The molecule has 9 heteroatoms. The maximum atomic E-state index is 14.4. The molecule has 0 radical (unpaired) electrons. The zero-order chi connectivity index (χ0) is 25.2. The highest BCUT2D eigenvalue weighted by Gasteiger charge is 2.45. The maximum absolute atomic E-state index is 14.4. The first-order valence-corrected chi connectivity index (χ1v) is 12.0. The molecule has 3 heterocycles. The quantitative estimate of drug-likeness (QED) is 0.590. The van der Waals surface area contributed by atoms with Gasteiger partial charge in [0.25, 0.3) is 12.3 Å². The molecule has 2 aromatic rings. The van der Waals surface area contributed by atoms with E-state index in [-0.39, 0.29) is 29.9 Å². The lowest BCUT2D eigenvalue weighted by Crippen LogP contribution is -2.58. The Morgan fingerprint density at radius 2 is 1.97 bits per heavy atom. The van der Waals surface area contributed by atoms with Crippen molar-refractivity contribution >= 4 is 5.91 Å². The number of nitrogens with zero attached hydrogens (tertiary/aromatic N) is 3. The van der Waals surface area contributed by atoms with E-state index in [4.69, 9.17) is 9.47 Å². The molecule has 1 amide bonds. The van der Waals surface area contributed by atoms with Gasteiger partial charge in [0.1, 0.15) is 6.10 Å². The molecule has 0 N–H and O–H groups in total. The molecule has 1 spiro atoms. The van der Waals surface area contributed by atoms with Gasteiger partial charge in [0.05, 0.1) is 23.9 Å². The van der Waals surface area contributed by atoms with Crippen molar-refractivity contribution in [3.63, 3.8) is 0 Å². The minimum atomic E-state index is -2.45. The predicted octanol–water partition coefficient (Wildman–Crippen LogP) is 4.63. The molecule has 2 saturated heterocycles. The molecular weight excluding hydrogens is 459 g/mol. The molecule has 190 valence electrons. The van der Waals surface area contributed by atoms with Gasteiger partial charge >= 0.3 is 0 Å². The normalized spacial score (nSPS) is 20.6. The number of alkyl halides is 2. The summed E-state index contributed by atoms with van der Waals surface area (Å²) in [5, 5.41) is 0. The predicted molar refractivity (Wildman–Crippen MR) is 125 cm³/mol. The molecule has 1 aromatic heterocycles. The van der Waals surface area contributed by atoms with Gasteiger partial charge in [-0.3, -0.25) is 14.7 Å². The summed E-state index contributed by atoms with van der Waals surface area (Å²) in [5.41, 5.74) is 1.16. The lowest BCUT2D eigenvalue weighted by molar-refractivity contribution is -0.181. The molecule has 2 aliphatic heterocycles. The van der Waals surface area contributed by atoms with Crippen LogP contribution in [0.4, 0.5) is 13.2 Å². The molecule has 4 rings (SSSR count). The van der Waals surface area contributed by atoms with Gasteiger partial charge in [0, 0.05) is 37.4 Å². The highest BCUT2D eigenvalue weighted by molar-refractivity contribution is 5.94. The molecule has 0 saturated carbocycles. The number of amides is 1. The highest BCUT2D eigenvalue weighted by Crippen LogP contribution is 2.38. The molecule has 35 heavy (non-hydrogen) atoms. The van der Waals surface area contributed by atoms with Crippen LogP contribution in [0.15, 0.2) is 36.4 Å². The molecule has 2 aliphatic rings. The number of hydrogen-bond acceptors (Lipinski definition) is 5. The van der Waals surface area contributed by atoms with Crippen LogP contribution in [0, 0.1) is 12.7 Å². The van der Waals surface area contributed by atoms with Crippen molar-refractivity contribution in [1.29, 1.82) is 0 Å². The second kappa shape index (κ2) is 10.5. The average molecular weight is 492 g/mol. The largest absolute Gasteiger partial charge is 0.488 e. The Balaban J connectivity index is 1.46. The van der Waals surface area contributed by atoms with Crippen LogP contribution in [0.5, 0.6) is 5.75 Å². The van der Waals surface area contributed by atoms with E-state index < -0.39 is 23.9 Å². The van der Waals surface area contributed by atoms with Gasteiger partial charge in [-0.2, -0.15) is 0 Å². The summed E-state index contributed by atoms with van der Waals surface area (Å²) in [5.74, 6) is -0.739. The van der Waals surface area contributed by atoms with Crippen molar-refractivity contribution in [2.75, 3.05) is 32.7 Å². The molecule has 1 aromatic carbocycles. The minimum absolute atomic E-state index is 0.111. The third kappa shape index (κ3) is 6.13. The van der Waals surface area contributed by atoms with Gasteiger partial charge in [-0.1, -0.05) is 6.07 Å². The summed E-state index contributed by atoms with van der Waals surface area (Å²) in [6.07, 6.45) is -2.05. The van der Waals surface area contributed by atoms with E-state index in [1.54, 1.807) is 29.7 Å². The lowest BCUT2D eigenvalue weighted by Gasteiger charge is -2.50. The summed E-state index contributed by atoms with van der Waals surface area (Å²) in [6, 6.07) is 9.86. The molecular formula is C26H32F3N3O3. The van der Waals surface area contributed by atoms with Crippen LogP contribution in [0.3, 0.4) is 0 Å². The van der Waals surface area contributed by atoms with Crippen molar-refractivity contribution in [3.8, 4) is 5.75 Å². The molecule has 1 atom stereocenters. The van der Waals surface area contributed by atoms with Crippen molar-refractivity contribution in [2.24, 2.45) is 0 Å². The Morgan fingerprint density at radius 1 is 1.23 bits per heavy atom. The number of likely N-dealkylation sites (tertiary alicyclic amines) is 1. The van der Waals surface area contributed by atoms with E-state index >= 15 is 0 Å². The van der Waals surface area contributed by atoms with Crippen LogP contribution in [0.1, 0.15) is 54.5 Å². The molecule has 0 aliphatic carbocycles. The number of benzene rings is 1. The number of piperidine rings is 1. The standard InChI is InChI=1S/C26H32F3N3O3/c1-17(2)34-22-8-7-19(13-20(22)27)25(33)32-11-9-26(10-12-32)16-31(15-24(28)29)14-23(35-26)21-6-4-5-18(3)30-21/h4-8,13,17,23-24H,9-12,14-16H2,1-3H3. The number of morpholine rings is 1. The van der Waals surface area contributed by atoms with Gasteiger partial charge in [-0.15, -0.1) is 0 Å². The Kier molecular flexibility index (Phi) is 7.66. The van der Waals surface area contributed by atoms with Crippen molar-refractivity contribution in [2.45, 2.75) is 57.8 Å². The van der Waals surface area contributed by atoms with Crippen LogP contribution in [0.2, 0.25) is 0 Å². The van der Waals surface area contributed by atoms with Gasteiger partial charge in [0.15, 0.2) is 11.6 Å². The number of ether oxygens (including phenoxy) is 2. The average Bonchev–Trinajstić information content (AvgIpc) is 2.79. The minimum Gasteiger partial charge on any atom is -0.488 e. The monoisotopic (exact) mass is 491 g/mol. The van der Waals surface area contributed by atoms with E-state index in [0.717, 1.165) is 11.4 Å². The van der Waals surface area contributed by atoms with Crippen LogP contribution >= 0.6 is 0 Å². The molecule has 2 fully saturated rings. The molecule has 6 nitrogen and oxygen atoms in total. The van der Waals surface area contributed by atoms with Crippen LogP contribution in [-0.2, 0) is 4.74 Å². The van der Waals surface area contributed by atoms with Crippen LogP contribution in [0.25, 0.3) is 0 Å². The molecule has 0 bridgehead atoms. The highest BCUT2D eigenvalue weighted by atomic mass is 19.3. The first-order valence-electron chi connectivity index (χ1n) is 12.0. The fourth-order valence-electron chi connectivity index (χ4n) is 4.87. The third-order valence-electron chi connectivity index (χ3n) is 6.47. The summed E-state index contributed by atoms with van der Waals surface area (Å²) < 4.78 is 52.9. The van der Waals surface area contributed by atoms with Gasteiger partial charge in [-0.05, 0) is 63.9 Å². The summed E-state index contributed by atoms with van der Waals surface area (Å²) in [4.78, 5) is 21.0. The fourth-order valence-corrected chi connectivity index (χ4v) is 4.87. The van der Waals surface area contributed by atoms with Crippen LogP contribution < -0.4 is 4.74 Å². The summed E-state index contributed by atoms with van der Waals surface area (Å²) in [6.45, 7) is 6.65. The zero-order valence-corrected chi connectivity index (χ0v) is 20.3. The van der Waals surface area contributed by atoms with E-state index in [1.165, 1.54) is 12.1 Å². The number of hydrogen-bond donors (Lipinski definition) is 0. The fraction of sp³-hybridized carbons (Fsp3) is 0.538. The number of halogens is 3. The second-order valence-electron chi connectivity index (χ2n) is 9.68.